The van der Waals surface area contributed by atoms with Crippen LogP contribution >= 0.6 is 23.4 Å². The highest BCUT2D eigenvalue weighted by atomic mass is 35.5. The Labute approximate surface area is 183 Å². The van der Waals surface area contributed by atoms with E-state index in [0.717, 1.165) is 41.8 Å². The fourth-order valence-corrected chi connectivity index (χ4v) is 4.72. The van der Waals surface area contributed by atoms with Gasteiger partial charge in [0.2, 0.25) is 5.91 Å². The highest BCUT2D eigenvalue weighted by Crippen LogP contribution is 2.33. The van der Waals surface area contributed by atoms with Gasteiger partial charge in [-0.3, -0.25) is 4.79 Å². The number of thioether (sulfide) groups is 1. The maximum atomic E-state index is 12.9. The van der Waals surface area contributed by atoms with Crippen molar-refractivity contribution >= 4 is 29.3 Å². The van der Waals surface area contributed by atoms with Crippen LogP contribution in [0.4, 0.5) is 0 Å². The van der Waals surface area contributed by atoms with Gasteiger partial charge in [-0.05, 0) is 61.3 Å². The molecule has 1 fully saturated rings. The first-order valence-electron chi connectivity index (χ1n) is 9.99. The number of methoxy groups -OCH3 is 1. The molecule has 0 saturated carbocycles. The Bertz CT molecular complexity index is 782. The van der Waals surface area contributed by atoms with Crippen LogP contribution in [0.2, 0.25) is 5.02 Å². The number of carbonyl (C=O) groups is 1. The Morgan fingerprint density at radius 1 is 1.21 bits per heavy atom. The molecule has 0 aromatic heterocycles. The largest absolute Gasteiger partial charge is 0.497 e. The van der Waals surface area contributed by atoms with Gasteiger partial charge in [0.1, 0.15) is 5.75 Å². The summed E-state index contributed by atoms with van der Waals surface area (Å²) in [5.74, 6) is 3.07. The number of nitrogens with one attached hydrogen (secondary N) is 1. The first-order chi connectivity index (χ1) is 14.1. The highest BCUT2D eigenvalue weighted by Gasteiger charge is 2.33. The predicted octanol–water partition coefficient (Wildman–Crippen LogP) is 4.43. The highest BCUT2D eigenvalue weighted by molar-refractivity contribution is 7.98. The molecule has 1 saturated heterocycles. The van der Waals surface area contributed by atoms with E-state index < -0.39 is 0 Å². The summed E-state index contributed by atoms with van der Waals surface area (Å²) in [5, 5.41) is 3.89. The SMILES string of the molecule is COc1ccc(CSCCNC(=O)[C@@H]2CN(C)CCC2c2ccc(Cl)cc2)cc1. The molecule has 2 atom stereocenters. The first kappa shape index (κ1) is 22.0. The molecule has 3 rings (SSSR count). The fraction of sp³-hybridized carbons (Fsp3) is 0.435. The number of hydrogen-bond acceptors (Lipinski definition) is 4. The van der Waals surface area contributed by atoms with Crippen molar-refractivity contribution in [3.63, 3.8) is 0 Å². The van der Waals surface area contributed by atoms with E-state index >= 15 is 0 Å². The van der Waals surface area contributed by atoms with Crippen molar-refractivity contribution in [2.45, 2.75) is 18.1 Å². The van der Waals surface area contributed by atoms with Gasteiger partial charge in [0.15, 0.2) is 0 Å². The summed E-state index contributed by atoms with van der Waals surface area (Å²) < 4.78 is 5.19. The van der Waals surface area contributed by atoms with Crippen LogP contribution in [0.15, 0.2) is 48.5 Å². The first-order valence-corrected chi connectivity index (χ1v) is 11.5. The van der Waals surface area contributed by atoms with Crippen LogP contribution in [0.25, 0.3) is 0 Å². The van der Waals surface area contributed by atoms with Crippen molar-refractivity contribution < 1.29 is 9.53 Å². The summed E-state index contributed by atoms with van der Waals surface area (Å²) in [7, 11) is 3.76. The molecular weight excluding hydrogens is 404 g/mol. The van der Waals surface area contributed by atoms with Gasteiger partial charge >= 0.3 is 0 Å². The molecule has 0 bridgehead atoms. The van der Waals surface area contributed by atoms with E-state index in [1.165, 1.54) is 11.1 Å². The Morgan fingerprint density at radius 3 is 2.62 bits per heavy atom. The van der Waals surface area contributed by atoms with E-state index in [1.807, 2.05) is 36.0 Å². The molecule has 2 aromatic carbocycles. The summed E-state index contributed by atoms with van der Waals surface area (Å²) in [4.78, 5) is 15.2. The molecule has 6 heteroatoms. The van der Waals surface area contributed by atoms with Crippen LogP contribution in [0.1, 0.15) is 23.5 Å². The Morgan fingerprint density at radius 2 is 1.93 bits per heavy atom. The third-order valence-electron chi connectivity index (χ3n) is 5.42. The monoisotopic (exact) mass is 432 g/mol. The van der Waals surface area contributed by atoms with E-state index in [1.54, 1.807) is 7.11 Å². The molecule has 4 nitrogen and oxygen atoms in total. The third kappa shape index (κ3) is 6.39. The number of amides is 1. The lowest BCUT2D eigenvalue weighted by molar-refractivity contribution is -0.127. The minimum Gasteiger partial charge on any atom is -0.497 e. The second kappa shape index (κ2) is 10.9. The lowest BCUT2D eigenvalue weighted by Crippen LogP contribution is -2.45. The molecule has 0 aliphatic carbocycles. The normalized spacial score (nSPS) is 19.7. The Hall–Kier alpha value is -1.69. The molecule has 0 spiro atoms. The predicted molar refractivity (Wildman–Crippen MR) is 122 cm³/mol. The summed E-state index contributed by atoms with van der Waals surface area (Å²) in [6.45, 7) is 2.49. The standard InChI is InChI=1S/C23H29ClN2O2S/c1-26-13-11-21(18-5-7-19(24)8-6-18)22(15-26)23(27)25-12-14-29-16-17-3-9-20(28-2)10-4-17/h3-10,21-22H,11-16H2,1-2H3,(H,25,27)/t21?,22-/m1/s1. The van der Waals surface area contributed by atoms with Crippen LogP contribution in [-0.4, -0.2) is 50.4 Å². The molecule has 1 unspecified atom stereocenters. The zero-order chi connectivity index (χ0) is 20.6. The molecule has 1 amide bonds. The van der Waals surface area contributed by atoms with Crippen LogP contribution in [0, 0.1) is 5.92 Å². The van der Waals surface area contributed by atoms with Crippen molar-refractivity contribution in [3.05, 3.63) is 64.7 Å². The van der Waals surface area contributed by atoms with E-state index in [-0.39, 0.29) is 17.7 Å². The average molecular weight is 433 g/mol. The summed E-state index contributed by atoms with van der Waals surface area (Å²) in [6.07, 6.45) is 0.989. The smallest absolute Gasteiger partial charge is 0.225 e. The number of nitrogens with zero attached hydrogens (tertiary/aromatic N) is 1. The van der Waals surface area contributed by atoms with Crippen molar-refractivity contribution in [3.8, 4) is 5.75 Å². The van der Waals surface area contributed by atoms with Crippen molar-refractivity contribution in [1.29, 1.82) is 0 Å². The fourth-order valence-electron chi connectivity index (χ4n) is 3.78. The minimum absolute atomic E-state index is 0.0264. The summed E-state index contributed by atoms with van der Waals surface area (Å²) in [6, 6.07) is 16.1. The molecule has 1 aliphatic heterocycles. The van der Waals surface area contributed by atoms with Gasteiger partial charge in [-0.1, -0.05) is 35.9 Å². The number of hydrogen-bond donors (Lipinski definition) is 1. The van der Waals surface area contributed by atoms with E-state index in [9.17, 15) is 4.79 Å². The minimum atomic E-state index is -0.0264. The number of benzene rings is 2. The zero-order valence-corrected chi connectivity index (χ0v) is 18.6. The van der Waals surface area contributed by atoms with Crippen LogP contribution in [0.3, 0.4) is 0 Å². The Kier molecular flexibility index (Phi) is 8.28. The van der Waals surface area contributed by atoms with Crippen molar-refractivity contribution in [2.75, 3.05) is 39.5 Å². The number of halogens is 1. The maximum Gasteiger partial charge on any atom is 0.225 e. The summed E-state index contributed by atoms with van der Waals surface area (Å²) in [5.41, 5.74) is 2.47. The second-order valence-electron chi connectivity index (χ2n) is 7.51. The van der Waals surface area contributed by atoms with E-state index in [4.69, 9.17) is 16.3 Å². The Balaban J connectivity index is 1.47. The molecular formula is C23H29ClN2O2S. The zero-order valence-electron chi connectivity index (χ0n) is 17.1. The third-order valence-corrected chi connectivity index (χ3v) is 6.71. The average Bonchev–Trinajstić information content (AvgIpc) is 2.74. The van der Waals surface area contributed by atoms with E-state index in [2.05, 4.69) is 41.5 Å². The van der Waals surface area contributed by atoms with Gasteiger partial charge in [-0.2, -0.15) is 11.8 Å². The van der Waals surface area contributed by atoms with Crippen molar-refractivity contribution in [1.82, 2.24) is 10.2 Å². The molecule has 1 N–H and O–H groups in total. The number of ether oxygens (including phenoxy) is 1. The molecule has 1 heterocycles. The maximum absolute atomic E-state index is 12.9. The van der Waals surface area contributed by atoms with Gasteiger partial charge < -0.3 is 15.0 Å². The molecule has 2 aromatic rings. The van der Waals surface area contributed by atoms with Crippen LogP contribution in [-0.2, 0) is 10.5 Å². The lowest BCUT2D eigenvalue weighted by Gasteiger charge is -2.36. The van der Waals surface area contributed by atoms with Gasteiger partial charge in [0, 0.05) is 29.6 Å². The van der Waals surface area contributed by atoms with Crippen LogP contribution < -0.4 is 10.1 Å². The number of rotatable bonds is 8. The molecule has 156 valence electrons. The second-order valence-corrected chi connectivity index (χ2v) is 9.05. The molecule has 0 radical (unpaired) electrons. The number of carbonyl (C=O) groups excluding carboxylic acids is 1. The topological polar surface area (TPSA) is 41.6 Å². The molecule has 29 heavy (non-hydrogen) atoms. The number of likely N-dealkylation sites (tertiary alicyclic amines) is 1. The van der Waals surface area contributed by atoms with Crippen LogP contribution in [0.5, 0.6) is 5.75 Å². The quantitative estimate of drug-likeness (QED) is 0.626. The number of piperidine rings is 1. The van der Waals surface area contributed by atoms with Gasteiger partial charge in [-0.25, -0.2) is 0 Å². The van der Waals surface area contributed by atoms with Gasteiger partial charge in [-0.15, -0.1) is 0 Å². The van der Waals surface area contributed by atoms with Gasteiger partial charge in [0.25, 0.3) is 0 Å². The van der Waals surface area contributed by atoms with Gasteiger partial charge in [0.05, 0.1) is 13.0 Å². The van der Waals surface area contributed by atoms with Crippen molar-refractivity contribution in [2.24, 2.45) is 5.92 Å². The molecule has 1 aliphatic rings. The summed E-state index contributed by atoms with van der Waals surface area (Å²) >= 11 is 7.86. The lowest BCUT2D eigenvalue weighted by atomic mass is 9.80. The van der Waals surface area contributed by atoms with E-state index in [0.29, 0.717) is 6.54 Å².